The van der Waals surface area contributed by atoms with Gasteiger partial charge in [0.25, 0.3) is 0 Å². The zero-order valence-corrected chi connectivity index (χ0v) is 10.9. The maximum Gasteiger partial charge on any atom is 0.322 e. The summed E-state index contributed by atoms with van der Waals surface area (Å²) in [6, 6.07) is 5.41. The molecule has 1 atom stereocenters. The number of nitrogens with one attached hydrogen (secondary N) is 1. The summed E-state index contributed by atoms with van der Waals surface area (Å²) in [6.07, 6.45) is 0. The highest BCUT2D eigenvalue weighted by Gasteiger charge is 2.20. The van der Waals surface area contributed by atoms with Gasteiger partial charge in [0.2, 0.25) is 0 Å². The second kappa shape index (κ2) is 6.35. The van der Waals surface area contributed by atoms with Gasteiger partial charge in [-0.3, -0.25) is 4.79 Å². The summed E-state index contributed by atoms with van der Waals surface area (Å²) in [5.41, 5.74) is 0.785. The molecule has 0 bridgehead atoms. The third kappa shape index (κ3) is 4.33. The Bertz CT molecular complexity index is 392. The van der Waals surface area contributed by atoms with Crippen LogP contribution < -0.4 is 10.2 Å². The number of carboxylic acids is 1. The number of nitrogens with zero attached hydrogens (tertiary/aromatic N) is 1. The number of hydrogen-bond donors (Lipinski definition) is 2. The first-order chi connectivity index (χ1) is 8.40. The van der Waals surface area contributed by atoms with Gasteiger partial charge in [0, 0.05) is 25.3 Å². The van der Waals surface area contributed by atoms with Gasteiger partial charge in [-0.05, 0) is 24.3 Å². The molecule has 1 rings (SSSR count). The van der Waals surface area contributed by atoms with Crippen molar-refractivity contribution >= 4 is 11.7 Å². The van der Waals surface area contributed by atoms with Crippen molar-refractivity contribution in [1.82, 2.24) is 5.32 Å². The lowest BCUT2D eigenvalue weighted by Crippen LogP contribution is -2.47. The Morgan fingerprint density at radius 3 is 2.39 bits per heavy atom. The van der Waals surface area contributed by atoms with Crippen LogP contribution in [0.25, 0.3) is 0 Å². The molecule has 1 aromatic carbocycles. The molecule has 0 fully saturated rings. The Labute approximate surface area is 106 Å². The number of benzene rings is 1. The van der Waals surface area contributed by atoms with Crippen LogP contribution in [0.5, 0.6) is 0 Å². The zero-order valence-electron chi connectivity index (χ0n) is 10.9. The zero-order chi connectivity index (χ0) is 13.7. The summed E-state index contributed by atoms with van der Waals surface area (Å²) in [7, 11) is 1.78. The third-order valence-corrected chi connectivity index (χ3v) is 2.56. The molecule has 1 aromatic rings. The van der Waals surface area contributed by atoms with E-state index < -0.39 is 12.0 Å². The van der Waals surface area contributed by atoms with Gasteiger partial charge in [0.05, 0.1) is 0 Å². The van der Waals surface area contributed by atoms with Gasteiger partial charge in [-0.2, -0.15) is 0 Å². The minimum Gasteiger partial charge on any atom is -0.480 e. The summed E-state index contributed by atoms with van der Waals surface area (Å²) in [5.74, 6) is -1.19. The van der Waals surface area contributed by atoms with Gasteiger partial charge in [0.1, 0.15) is 11.9 Å². The fourth-order valence-electron chi connectivity index (χ4n) is 1.68. The van der Waals surface area contributed by atoms with E-state index in [2.05, 4.69) is 5.32 Å². The van der Waals surface area contributed by atoms with Gasteiger partial charge < -0.3 is 15.3 Å². The lowest BCUT2D eigenvalue weighted by Gasteiger charge is -2.25. The van der Waals surface area contributed by atoms with E-state index >= 15 is 0 Å². The predicted octanol–water partition coefficient (Wildman–Crippen LogP) is 1.71. The van der Waals surface area contributed by atoms with E-state index in [9.17, 15) is 9.18 Å². The van der Waals surface area contributed by atoms with Crippen molar-refractivity contribution in [3.05, 3.63) is 30.1 Å². The van der Waals surface area contributed by atoms with Crippen LogP contribution in [-0.2, 0) is 4.79 Å². The monoisotopic (exact) mass is 254 g/mol. The molecule has 0 saturated carbocycles. The minimum atomic E-state index is -0.891. The van der Waals surface area contributed by atoms with Crippen LogP contribution in [0.2, 0.25) is 0 Å². The number of rotatable bonds is 6. The second-order valence-electron chi connectivity index (χ2n) is 4.57. The maximum atomic E-state index is 12.8. The maximum absolute atomic E-state index is 12.8. The van der Waals surface area contributed by atoms with E-state index in [0.29, 0.717) is 6.54 Å². The van der Waals surface area contributed by atoms with Gasteiger partial charge in [-0.1, -0.05) is 13.8 Å². The van der Waals surface area contributed by atoms with Crippen molar-refractivity contribution in [3.63, 3.8) is 0 Å². The Morgan fingerprint density at radius 1 is 1.39 bits per heavy atom. The topological polar surface area (TPSA) is 52.6 Å². The van der Waals surface area contributed by atoms with Crippen molar-refractivity contribution in [2.75, 3.05) is 18.5 Å². The molecular formula is C13H19FN2O2. The average Bonchev–Trinajstić information content (AvgIpc) is 2.28. The molecular weight excluding hydrogens is 235 g/mol. The molecule has 18 heavy (non-hydrogen) atoms. The van der Waals surface area contributed by atoms with Crippen molar-refractivity contribution < 1.29 is 14.3 Å². The highest BCUT2D eigenvalue weighted by atomic mass is 19.1. The third-order valence-electron chi connectivity index (χ3n) is 2.56. The Kier molecular flexibility index (Phi) is 5.09. The molecule has 5 heteroatoms. The van der Waals surface area contributed by atoms with Gasteiger partial charge >= 0.3 is 5.97 Å². The Balaban J connectivity index is 2.68. The first-order valence-electron chi connectivity index (χ1n) is 5.85. The number of carboxylic acid groups (broad SMARTS) is 1. The quantitative estimate of drug-likeness (QED) is 0.811. The SMILES string of the molecule is CC(C)NC(CN(C)c1ccc(F)cc1)C(=O)O. The summed E-state index contributed by atoms with van der Waals surface area (Å²) in [4.78, 5) is 12.9. The summed E-state index contributed by atoms with van der Waals surface area (Å²) in [6.45, 7) is 4.11. The molecule has 0 radical (unpaired) electrons. The average molecular weight is 254 g/mol. The second-order valence-corrected chi connectivity index (χ2v) is 4.57. The number of aliphatic carboxylic acids is 1. The largest absolute Gasteiger partial charge is 0.480 e. The van der Waals surface area contributed by atoms with Gasteiger partial charge in [0.15, 0.2) is 0 Å². The van der Waals surface area contributed by atoms with Crippen molar-refractivity contribution in [2.24, 2.45) is 0 Å². The van der Waals surface area contributed by atoms with Gasteiger partial charge in [-0.25, -0.2) is 4.39 Å². The summed E-state index contributed by atoms with van der Waals surface area (Å²) < 4.78 is 12.8. The smallest absolute Gasteiger partial charge is 0.322 e. The highest BCUT2D eigenvalue weighted by Crippen LogP contribution is 2.13. The fourth-order valence-corrected chi connectivity index (χ4v) is 1.68. The van der Waals surface area contributed by atoms with Crippen LogP contribution >= 0.6 is 0 Å². The standard InChI is InChI=1S/C13H19FN2O2/c1-9(2)15-12(13(17)18)8-16(3)11-6-4-10(14)5-7-11/h4-7,9,12,15H,8H2,1-3H3,(H,17,18). The first-order valence-corrected chi connectivity index (χ1v) is 5.85. The lowest BCUT2D eigenvalue weighted by atomic mass is 10.2. The van der Waals surface area contributed by atoms with Crippen molar-refractivity contribution in [1.29, 1.82) is 0 Å². The first kappa shape index (κ1) is 14.4. The number of carbonyl (C=O) groups is 1. The van der Waals surface area contributed by atoms with Gasteiger partial charge in [-0.15, -0.1) is 0 Å². The molecule has 4 nitrogen and oxygen atoms in total. The van der Waals surface area contributed by atoms with E-state index in [0.717, 1.165) is 5.69 Å². The van der Waals surface area contributed by atoms with Crippen LogP contribution in [0.3, 0.4) is 0 Å². The van der Waals surface area contributed by atoms with Crippen molar-refractivity contribution in [3.8, 4) is 0 Å². The number of likely N-dealkylation sites (N-methyl/N-ethyl adjacent to an activating group) is 1. The molecule has 0 aliphatic rings. The van der Waals surface area contributed by atoms with E-state index in [-0.39, 0.29) is 11.9 Å². The van der Waals surface area contributed by atoms with Crippen LogP contribution in [0, 0.1) is 5.82 Å². The molecule has 0 saturated heterocycles. The molecule has 0 amide bonds. The number of hydrogen-bond acceptors (Lipinski definition) is 3. The Morgan fingerprint density at radius 2 is 1.94 bits per heavy atom. The molecule has 0 aliphatic carbocycles. The summed E-state index contributed by atoms with van der Waals surface area (Å²) >= 11 is 0. The molecule has 100 valence electrons. The highest BCUT2D eigenvalue weighted by molar-refractivity contribution is 5.74. The van der Waals surface area contributed by atoms with Crippen LogP contribution in [0.4, 0.5) is 10.1 Å². The predicted molar refractivity (Wildman–Crippen MR) is 69.4 cm³/mol. The van der Waals surface area contributed by atoms with Crippen LogP contribution in [-0.4, -0.2) is 36.8 Å². The normalized spacial score (nSPS) is 12.5. The van der Waals surface area contributed by atoms with Crippen molar-refractivity contribution in [2.45, 2.75) is 25.9 Å². The molecule has 0 aromatic heterocycles. The minimum absolute atomic E-state index is 0.0905. The van der Waals surface area contributed by atoms with E-state index in [1.165, 1.54) is 12.1 Å². The fraction of sp³-hybridized carbons (Fsp3) is 0.462. The molecule has 0 spiro atoms. The van der Waals surface area contributed by atoms with E-state index in [1.807, 2.05) is 13.8 Å². The summed E-state index contributed by atoms with van der Waals surface area (Å²) in [5, 5.41) is 12.1. The molecule has 0 aliphatic heterocycles. The molecule has 2 N–H and O–H groups in total. The van der Waals surface area contributed by atoms with Crippen LogP contribution in [0.15, 0.2) is 24.3 Å². The number of anilines is 1. The lowest BCUT2D eigenvalue weighted by molar-refractivity contribution is -0.139. The van der Waals surface area contributed by atoms with Crippen LogP contribution in [0.1, 0.15) is 13.8 Å². The van der Waals surface area contributed by atoms with E-state index in [4.69, 9.17) is 5.11 Å². The molecule has 1 unspecified atom stereocenters. The van der Waals surface area contributed by atoms with E-state index in [1.54, 1.807) is 24.1 Å². The Hall–Kier alpha value is -1.62. The number of halogens is 1. The molecule has 0 heterocycles.